The molecule has 5 heteroatoms. The van der Waals surface area contributed by atoms with Gasteiger partial charge in [-0.1, -0.05) is 0 Å². The Balaban J connectivity index is -0.0000000369. The normalized spacial score (nSPS) is 8.47. The van der Waals surface area contributed by atoms with Crippen molar-refractivity contribution in [2.24, 2.45) is 0 Å². The molecule has 0 aliphatic heterocycles. The average molecular weight is 690 g/mol. The van der Waals surface area contributed by atoms with Gasteiger partial charge < -0.3 is 0 Å². The van der Waals surface area contributed by atoms with Gasteiger partial charge in [0.05, 0.1) is 0 Å². The second-order valence-corrected chi connectivity index (χ2v) is 40.2. The quantitative estimate of drug-likeness (QED) is 0.240. The maximum absolute atomic E-state index is 2.36. The Morgan fingerprint density at radius 2 is 0.294 bits per heavy atom. The van der Waals surface area contributed by atoms with Gasteiger partial charge in [-0.3, -0.25) is 0 Å². The summed E-state index contributed by atoms with van der Waals surface area (Å²) >= 11 is -2.17. The second-order valence-electron chi connectivity index (χ2n) is 6.00. The van der Waals surface area contributed by atoms with E-state index in [4.69, 9.17) is 0 Å². The monoisotopic (exact) mass is 695 g/mol. The van der Waals surface area contributed by atoms with Crippen LogP contribution in [0.3, 0.4) is 0 Å². The molecule has 0 aromatic rings. The molecule has 0 N–H and O–H groups in total. The molecule has 0 nitrogen and oxygen atoms in total. The molecule has 1 atom stereocenters. The molecular weight excluding hydrogens is 650 g/mol. The first-order valence-corrected chi connectivity index (χ1v) is 40.2. The minimum absolute atomic E-state index is 0. The summed E-state index contributed by atoms with van der Waals surface area (Å²) in [6.07, 6.45) is 0. The van der Waals surface area contributed by atoms with Crippen LogP contribution in [0, 0.1) is 0 Å². The molecule has 0 aromatic carbocycles. The third-order valence-electron chi connectivity index (χ3n) is 0. The van der Waals surface area contributed by atoms with Crippen LogP contribution >= 0.6 is 9.90 Å². The Morgan fingerprint density at radius 1 is 0.294 bits per heavy atom. The molecule has 0 aliphatic rings. The van der Waals surface area contributed by atoms with E-state index in [1.165, 1.54) is 0 Å². The van der Waals surface area contributed by atoms with Gasteiger partial charge in [-0.15, -0.1) is 0 Å². The third-order valence-corrected chi connectivity index (χ3v) is 0. The predicted molar refractivity (Wildman–Crippen MR) is 106 cm³/mol. The zero-order chi connectivity index (χ0) is 14.3. The van der Waals surface area contributed by atoms with Crippen molar-refractivity contribution in [3.63, 3.8) is 0 Å². The first-order valence-electron chi connectivity index (χ1n) is 6.00. The van der Waals surface area contributed by atoms with Crippen molar-refractivity contribution in [3.8, 4) is 0 Å². The summed E-state index contributed by atoms with van der Waals surface area (Å²) in [5, 5.41) is 0. The summed E-state index contributed by atoms with van der Waals surface area (Å²) in [4.78, 5) is 28.4. The van der Waals surface area contributed by atoms with Crippen LogP contribution in [0.4, 0.5) is 0 Å². The van der Waals surface area contributed by atoms with Gasteiger partial charge in [-0.05, 0) is 9.90 Å². The SMILES string of the molecule is [CH3][Sn]([CH3])[CH3].[CH3][Sn]([CH3])[CH3].[CH3][Sn]([CH3])[CH3].[CH3][Sn]([CH3])[CH3].[PH4+]. The van der Waals surface area contributed by atoms with Gasteiger partial charge in [-0.25, -0.2) is 0 Å². The largest absolute Gasteiger partial charge is 0.0395 e. The summed E-state index contributed by atoms with van der Waals surface area (Å²) in [6.45, 7) is 0. The molecule has 0 saturated carbocycles. The van der Waals surface area contributed by atoms with Crippen molar-refractivity contribution in [1.29, 1.82) is 0 Å². The summed E-state index contributed by atoms with van der Waals surface area (Å²) in [6, 6.07) is 0. The van der Waals surface area contributed by atoms with E-state index in [0.29, 0.717) is 0 Å². The van der Waals surface area contributed by atoms with Crippen LogP contribution in [-0.2, 0) is 0 Å². The molecule has 17 heavy (non-hydrogen) atoms. The number of rotatable bonds is 0. The van der Waals surface area contributed by atoms with Crippen LogP contribution in [0.15, 0.2) is 0 Å². The van der Waals surface area contributed by atoms with Crippen molar-refractivity contribution in [1.82, 2.24) is 0 Å². The minimum Gasteiger partial charge on any atom is -0.0395 e. The molecule has 0 saturated heterocycles. The Hall–Kier alpha value is 3.62. The summed E-state index contributed by atoms with van der Waals surface area (Å²) in [7, 11) is 0. The Bertz CT molecular complexity index is 61.5. The van der Waals surface area contributed by atoms with E-state index >= 15 is 0 Å². The van der Waals surface area contributed by atoms with Crippen LogP contribution in [0.25, 0.3) is 0 Å². The number of hydrogen-bond donors (Lipinski definition) is 0. The smallest absolute Gasteiger partial charge is 0.0395 e. The van der Waals surface area contributed by atoms with Crippen LogP contribution in [0.1, 0.15) is 0 Å². The molecule has 108 valence electrons. The maximum Gasteiger partial charge on any atom is -0.0395 e. The molecule has 1 unspecified atom stereocenters. The molecule has 4 radical (unpaired) electrons. The van der Waals surface area contributed by atoms with Gasteiger partial charge in [0.25, 0.3) is 0 Å². The van der Waals surface area contributed by atoms with E-state index in [0.717, 1.165) is 0 Å². The fraction of sp³-hybridized carbons (Fsp3) is 1.00. The topological polar surface area (TPSA) is 0 Å². The Labute approximate surface area is 145 Å². The molecule has 0 aliphatic carbocycles. The molecule has 0 rings (SSSR count). The van der Waals surface area contributed by atoms with E-state index in [-0.39, 0.29) is 9.90 Å². The zero-order valence-electron chi connectivity index (χ0n) is 15.0. The van der Waals surface area contributed by atoms with Crippen LogP contribution in [0.5, 0.6) is 0 Å². The fourth-order valence-corrected chi connectivity index (χ4v) is 0. The van der Waals surface area contributed by atoms with E-state index < -0.39 is 79.0 Å². The molecule has 0 bridgehead atoms. The van der Waals surface area contributed by atoms with Crippen molar-refractivity contribution >= 4 is 88.9 Å². The van der Waals surface area contributed by atoms with Gasteiger partial charge in [0.15, 0.2) is 0 Å². The van der Waals surface area contributed by atoms with Crippen LogP contribution in [-0.4, -0.2) is 79.0 Å². The molecule has 0 fully saturated rings. The van der Waals surface area contributed by atoms with E-state index in [1.807, 2.05) is 0 Å². The van der Waals surface area contributed by atoms with Crippen molar-refractivity contribution in [2.45, 2.75) is 59.3 Å². The van der Waals surface area contributed by atoms with Crippen molar-refractivity contribution in [2.75, 3.05) is 0 Å². The van der Waals surface area contributed by atoms with Crippen LogP contribution in [0.2, 0.25) is 59.3 Å². The molecule has 0 spiro atoms. The average Bonchev–Trinajstić information content (AvgIpc) is 1.76. The summed E-state index contributed by atoms with van der Waals surface area (Å²) < 4.78 is 0. The zero-order valence-corrected chi connectivity index (χ0v) is 28.4. The Morgan fingerprint density at radius 3 is 0.294 bits per heavy atom. The third kappa shape index (κ3) is 464. The molecule has 0 aromatic heterocycles. The van der Waals surface area contributed by atoms with E-state index in [1.54, 1.807) is 0 Å². The van der Waals surface area contributed by atoms with Crippen LogP contribution < -0.4 is 0 Å². The maximum atomic E-state index is 2.36. The molecule has 0 heterocycles. The standard InChI is InChI=1S/12CH3.H3P.4Sn/h13*1H3;;;;/p+1. The number of hydrogen-bond acceptors (Lipinski definition) is 0. The van der Waals surface area contributed by atoms with Gasteiger partial charge in [-0.2, -0.15) is 0 Å². The fourth-order valence-electron chi connectivity index (χ4n) is 0. The van der Waals surface area contributed by atoms with Gasteiger partial charge in [0.2, 0.25) is 0 Å². The predicted octanol–water partition coefficient (Wildman–Crippen LogP) is 5.27. The molecule has 0 amide bonds. The summed E-state index contributed by atoms with van der Waals surface area (Å²) in [5.41, 5.74) is 0. The first-order chi connectivity index (χ1) is 6.93. The minimum atomic E-state index is -0.543. The molecular formula is C12H40PSn4+. The van der Waals surface area contributed by atoms with Crippen molar-refractivity contribution in [3.05, 3.63) is 0 Å². The van der Waals surface area contributed by atoms with Gasteiger partial charge in [0, 0.05) is 0 Å². The van der Waals surface area contributed by atoms with E-state index in [2.05, 4.69) is 59.3 Å². The summed E-state index contributed by atoms with van der Waals surface area (Å²) in [5.74, 6) is 0. The first kappa shape index (κ1) is 32.5. The second kappa shape index (κ2) is 27.9. The Kier molecular flexibility index (Phi) is 53.4. The van der Waals surface area contributed by atoms with E-state index in [9.17, 15) is 0 Å². The van der Waals surface area contributed by atoms with Gasteiger partial charge in [0.1, 0.15) is 0 Å². The van der Waals surface area contributed by atoms with Crippen molar-refractivity contribution < 1.29 is 0 Å². The van der Waals surface area contributed by atoms with Gasteiger partial charge >= 0.3 is 138 Å².